The number of sulfonamides is 1. The predicted molar refractivity (Wildman–Crippen MR) is 74.5 cm³/mol. The third-order valence-electron chi connectivity index (χ3n) is 3.28. The van der Waals surface area contributed by atoms with E-state index in [1.807, 2.05) is 0 Å². The van der Waals surface area contributed by atoms with E-state index < -0.39 is 22.0 Å². The van der Waals surface area contributed by atoms with E-state index in [1.54, 1.807) is 0 Å². The van der Waals surface area contributed by atoms with E-state index in [9.17, 15) is 18.0 Å². The second-order valence-electron chi connectivity index (χ2n) is 4.70. The molecule has 1 fully saturated rings. The van der Waals surface area contributed by atoms with Crippen LogP contribution in [0.4, 0.5) is 0 Å². The molecule has 21 heavy (non-hydrogen) atoms. The maximum Gasteiger partial charge on any atom is 0.335 e. The van der Waals surface area contributed by atoms with Crippen LogP contribution in [0.15, 0.2) is 23.1 Å². The zero-order valence-electron chi connectivity index (χ0n) is 11.3. The highest BCUT2D eigenvalue weighted by Crippen LogP contribution is 2.29. The molecule has 1 aromatic carbocycles. The fourth-order valence-electron chi connectivity index (χ4n) is 2.10. The number of nitrogens with zero attached hydrogens (tertiary/aromatic N) is 2. The first-order valence-electron chi connectivity index (χ1n) is 5.96. The van der Waals surface area contributed by atoms with Gasteiger partial charge >= 0.3 is 5.97 Å². The molecular formula is C12H13ClN2O5S. The van der Waals surface area contributed by atoms with E-state index >= 15 is 0 Å². The molecule has 0 aromatic heterocycles. The Labute approximate surface area is 126 Å². The van der Waals surface area contributed by atoms with Crippen molar-refractivity contribution in [3.63, 3.8) is 0 Å². The standard InChI is InChI=1S/C12H13ClN2O5S/c1-7-11(16)14(2)6-15(7)21(19,20)10-4-3-8(12(17)18)5-9(10)13/h3-5,7H,6H2,1-2H3,(H,17,18). The molecule has 1 unspecified atom stereocenters. The fourth-order valence-corrected chi connectivity index (χ4v) is 4.20. The van der Waals surface area contributed by atoms with Crippen molar-refractivity contribution in [3.05, 3.63) is 28.8 Å². The summed E-state index contributed by atoms with van der Waals surface area (Å²) < 4.78 is 26.1. The summed E-state index contributed by atoms with van der Waals surface area (Å²) in [6.07, 6.45) is 0. The van der Waals surface area contributed by atoms with Crippen LogP contribution >= 0.6 is 11.6 Å². The molecular weight excluding hydrogens is 320 g/mol. The Balaban J connectivity index is 2.46. The van der Waals surface area contributed by atoms with Crippen molar-refractivity contribution in [1.29, 1.82) is 0 Å². The number of hydrogen-bond acceptors (Lipinski definition) is 4. The van der Waals surface area contributed by atoms with Gasteiger partial charge in [0.25, 0.3) is 0 Å². The minimum Gasteiger partial charge on any atom is -0.478 e. The van der Waals surface area contributed by atoms with E-state index in [2.05, 4.69) is 0 Å². The number of carboxylic acids is 1. The normalized spacial score (nSPS) is 20.0. The molecule has 9 heteroatoms. The van der Waals surface area contributed by atoms with Gasteiger partial charge in [-0.25, -0.2) is 13.2 Å². The Morgan fingerprint density at radius 1 is 1.43 bits per heavy atom. The van der Waals surface area contributed by atoms with Crippen LogP contribution in [0, 0.1) is 0 Å². The van der Waals surface area contributed by atoms with Gasteiger partial charge in [0.1, 0.15) is 10.9 Å². The molecule has 1 aromatic rings. The third-order valence-corrected chi connectivity index (χ3v) is 5.67. The average Bonchev–Trinajstić information content (AvgIpc) is 2.66. The second-order valence-corrected chi connectivity index (χ2v) is 6.96. The number of benzene rings is 1. The second kappa shape index (κ2) is 5.28. The summed E-state index contributed by atoms with van der Waals surface area (Å²) in [7, 11) is -2.48. The maximum atomic E-state index is 12.6. The van der Waals surface area contributed by atoms with Gasteiger partial charge in [-0.2, -0.15) is 4.31 Å². The van der Waals surface area contributed by atoms with Crippen LogP contribution in [0.1, 0.15) is 17.3 Å². The molecule has 1 heterocycles. The average molecular weight is 333 g/mol. The number of amides is 1. The van der Waals surface area contributed by atoms with E-state index in [0.717, 1.165) is 22.5 Å². The van der Waals surface area contributed by atoms with Gasteiger partial charge in [-0.05, 0) is 25.1 Å². The summed E-state index contributed by atoms with van der Waals surface area (Å²) in [6.45, 7) is 1.42. The van der Waals surface area contributed by atoms with E-state index in [-0.39, 0.29) is 28.1 Å². The number of rotatable bonds is 3. The summed E-state index contributed by atoms with van der Waals surface area (Å²) in [4.78, 5) is 23.6. The van der Waals surface area contributed by atoms with Crippen molar-refractivity contribution in [3.8, 4) is 0 Å². The highest BCUT2D eigenvalue weighted by atomic mass is 35.5. The van der Waals surface area contributed by atoms with Gasteiger partial charge in [0.2, 0.25) is 15.9 Å². The van der Waals surface area contributed by atoms with Crippen LogP contribution < -0.4 is 0 Å². The first-order valence-corrected chi connectivity index (χ1v) is 7.77. The van der Waals surface area contributed by atoms with Gasteiger partial charge < -0.3 is 10.0 Å². The van der Waals surface area contributed by atoms with Crippen LogP contribution in [0.25, 0.3) is 0 Å². The fraction of sp³-hybridized carbons (Fsp3) is 0.333. The third kappa shape index (κ3) is 2.61. The summed E-state index contributed by atoms with van der Waals surface area (Å²) in [5.41, 5.74) is -0.110. The van der Waals surface area contributed by atoms with Crippen molar-refractivity contribution in [2.45, 2.75) is 17.9 Å². The maximum absolute atomic E-state index is 12.6. The zero-order chi connectivity index (χ0) is 15.9. The Morgan fingerprint density at radius 2 is 2.05 bits per heavy atom. The number of likely N-dealkylation sites (N-methyl/N-ethyl adjacent to an activating group) is 1. The minimum atomic E-state index is -3.98. The van der Waals surface area contributed by atoms with Gasteiger partial charge in [0.15, 0.2) is 0 Å². The lowest BCUT2D eigenvalue weighted by Crippen LogP contribution is -2.36. The topological polar surface area (TPSA) is 95.0 Å². The van der Waals surface area contributed by atoms with Crippen LogP contribution in [-0.4, -0.2) is 54.4 Å². The quantitative estimate of drug-likeness (QED) is 0.885. The zero-order valence-corrected chi connectivity index (χ0v) is 12.8. The SMILES string of the molecule is CC1C(=O)N(C)CN1S(=O)(=O)c1ccc(C(=O)O)cc1Cl. The summed E-state index contributed by atoms with van der Waals surface area (Å²) in [5.74, 6) is -1.51. The van der Waals surface area contributed by atoms with E-state index in [1.165, 1.54) is 18.9 Å². The molecule has 1 amide bonds. The molecule has 114 valence electrons. The van der Waals surface area contributed by atoms with E-state index in [0.29, 0.717) is 0 Å². The van der Waals surface area contributed by atoms with Crippen molar-refractivity contribution < 1.29 is 23.1 Å². The predicted octanol–water partition coefficient (Wildman–Crippen LogP) is 0.847. The van der Waals surface area contributed by atoms with Crippen LogP contribution in [-0.2, 0) is 14.8 Å². The van der Waals surface area contributed by atoms with Crippen LogP contribution in [0.3, 0.4) is 0 Å². The lowest BCUT2D eigenvalue weighted by Gasteiger charge is -2.19. The molecule has 0 spiro atoms. The molecule has 7 nitrogen and oxygen atoms in total. The summed E-state index contributed by atoms with van der Waals surface area (Å²) >= 11 is 5.89. The number of aromatic carboxylic acids is 1. The number of carboxylic acid groups (broad SMARTS) is 1. The lowest BCUT2D eigenvalue weighted by molar-refractivity contribution is -0.127. The number of carbonyl (C=O) groups is 2. The van der Waals surface area contributed by atoms with Crippen LogP contribution in [0.2, 0.25) is 5.02 Å². The number of carbonyl (C=O) groups excluding carboxylic acids is 1. The minimum absolute atomic E-state index is 0.0701. The number of halogens is 1. The van der Waals surface area contributed by atoms with Crippen LogP contribution in [0.5, 0.6) is 0 Å². The molecule has 1 N–H and O–H groups in total. The van der Waals surface area contributed by atoms with Gasteiger partial charge in [0, 0.05) is 7.05 Å². The molecule has 0 saturated carbocycles. The summed E-state index contributed by atoms with van der Waals surface area (Å²) in [6, 6.07) is 2.54. The first kappa shape index (κ1) is 15.7. The van der Waals surface area contributed by atoms with Crippen molar-refractivity contribution in [1.82, 2.24) is 9.21 Å². The summed E-state index contributed by atoms with van der Waals surface area (Å²) in [5, 5.41) is 8.67. The molecule has 0 aliphatic carbocycles. The van der Waals surface area contributed by atoms with Gasteiger partial charge in [-0.15, -0.1) is 0 Å². The highest BCUT2D eigenvalue weighted by Gasteiger charge is 2.41. The smallest absolute Gasteiger partial charge is 0.335 e. The van der Waals surface area contributed by atoms with Crippen molar-refractivity contribution in [2.75, 3.05) is 13.7 Å². The highest BCUT2D eigenvalue weighted by molar-refractivity contribution is 7.89. The molecule has 0 bridgehead atoms. The molecule has 1 atom stereocenters. The Morgan fingerprint density at radius 3 is 2.48 bits per heavy atom. The molecule has 1 saturated heterocycles. The Bertz CT molecular complexity index is 718. The monoisotopic (exact) mass is 332 g/mol. The van der Waals surface area contributed by atoms with E-state index in [4.69, 9.17) is 16.7 Å². The molecule has 1 aliphatic rings. The van der Waals surface area contributed by atoms with Gasteiger partial charge in [0.05, 0.1) is 17.3 Å². The van der Waals surface area contributed by atoms with Gasteiger partial charge in [-0.1, -0.05) is 11.6 Å². The lowest BCUT2D eigenvalue weighted by atomic mass is 10.2. The molecule has 1 aliphatic heterocycles. The van der Waals surface area contributed by atoms with Crippen molar-refractivity contribution in [2.24, 2.45) is 0 Å². The van der Waals surface area contributed by atoms with Crippen molar-refractivity contribution >= 4 is 33.5 Å². The Kier molecular flexibility index (Phi) is 3.96. The largest absolute Gasteiger partial charge is 0.478 e. The first-order chi connectivity index (χ1) is 9.66. The number of hydrogen-bond donors (Lipinski definition) is 1. The molecule has 2 rings (SSSR count). The molecule has 0 radical (unpaired) electrons. The Hall–Kier alpha value is -1.64. The van der Waals surface area contributed by atoms with Gasteiger partial charge in [-0.3, -0.25) is 4.79 Å².